The number of carbonyl (C=O) groups is 2. The van der Waals surface area contributed by atoms with Gasteiger partial charge in [-0.1, -0.05) is 32.0 Å². The molecule has 0 aliphatic carbocycles. The van der Waals surface area contributed by atoms with E-state index < -0.39 is 0 Å². The van der Waals surface area contributed by atoms with Crippen molar-refractivity contribution in [1.82, 2.24) is 0 Å². The second kappa shape index (κ2) is 7.09. The minimum absolute atomic E-state index is 0.129. The summed E-state index contributed by atoms with van der Waals surface area (Å²) >= 11 is 0. The molecule has 2 aromatic rings. The normalized spacial score (nSPS) is 14.2. The number of amides is 2. The molecule has 0 unspecified atom stereocenters. The van der Waals surface area contributed by atoms with Gasteiger partial charge < -0.3 is 10.2 Å². The summed E-state index contributed by atoms with van der Waals surface area (Å²) in [5, 5.41) is 3.05. The lowest BCUT2D eigenvalue weighted by atomic mass is 9.98. The van der Waals surface area contributed by atoms with E-state index in [1.165, 1.54) is 0 Å². The molecule has 0 bridgehead atoms. The van der Waals surface area contributed by atoms with Gasteiger partial charge in [0.1, 0.15) is 0 Å². The molecule has 0 atom stereocenters. The van der Waals surface area contributed by atoms with Crippen LogP contribution in [0.2, 0.25) is 0 Å². The molecule has 0 radical (unpaired) electrons. The van der Waals surface area contributed by atoms with Gasteiger partial charge in [-0.05, 0) is 54.7 Å². The first kappa shape index (κ1) is 17.2. The number of anilines is 2. The Balaban J connectivity index is 1.79. The van der Waals surface area contributed by atoms with E-state index >= 15 is 0 Å². The average Bonchev–Trinajstić information content (AvgIpc) is 3.02. The number of aryl methyl sites for hydroxylation is 1. The zero-order valence-corrected chi connectivity index (χ0v) is 15.0. The van der Waals surface area contributed by atoms with Gasteiger partial charge in [-0.25, -0.2) is 0 Å². The molecule has 1 heterocycles. The SMILES string of the molecule is Cc1cccc(C(C)C)c1NC(=O)c1ccc(N2CCCC2=O)cc1. The van der Waals surface area contributed by atoms with Gasteiger partial charge in [0, 0.05) is 29.9 Å². The maximum atomic E-state index is 12.6. The third-order valence-corrected chi connectivity index (χ3v) is 4.68. The Bertz CT molecular complexity index is 794. The Hall–Kier alpha value is -2.62. The van der Waals surface area contributed by atoms with Crippen LogP contribution in [0.1, 0.15) is 54.1 Å². The van der Waals surface area contributed by atoms with Crippen molar-refractivity contribution in [2.75, 3.05) is 16.8 Å². The van der Waals surface area contributed by atoms with Crippen LogP contribution in [0.3, 0.4) is 0 Å². The minimum atomic E-state index is -0.129. The van der Waals surface area contributed by atoms with Gasteiger partial charge in [0.25, 0.3) is 5.91 Å². The Morgan fingerprint density at radius 2 is 1.84 bits per heavy atom. The van der Waals surface area contributed by atoms with Gasteiger partial charge in [-0.15, -0.1) is 0 Å². The quantitative estimate of drug-likeness (QED) is 0.894. The third-order valence-electron chi connectivity index (χ3n) is 4.68. The highest BCUT2D eigenvalue weighted by Crippen LogP contribution is 2.28. The lowest BCUT2D eigenvalue weighted by Crippen LogP contribution is -2.23. The van der Waals surface area contributed by atoms with E-state index in [9.17, 15) is 9.59 Å². The molecule has 1 aliphatic heterocycles. The number of hydrogen-bond donors (Lipinski definition) is 1. The van der Waals surface area contributed by atoms with Gasteiger partial charge in [0.05, 0.1) is 0 Å². The summed E-state index contributed by atoms with van der Waals surface area (Å²) in [7, 11) is 0. The van der Waals surface area contributed by atoms with E-state index in [1.807, 2.05) is 31.2 Å². The zero-order chi connectivity index (χ0) is 18.0. The molecule has 4 nitrogen and oxygen atoms in total. The molecule has 2 amide bonds. The molecule has 1 aliphatic rings. The van der Waals surface area contributed by atoms with Crippen LogP contribution < -0.4 is 10.2 Å². The molecule has 0 spiro atoms. The largest absolute Gasteiger partial charge is 0.321 e. The van der Waals surface area contributed by atoms with Crippen LogP contribution in [0.5, 0.6) is 0 Å². The Morgan fingerprint density at radius 3 is 2.44 bits per heavy atom. The highest BCUT2D eigenvalue weighted by atomic mass is 16.2. The average molecular weight is 336 g/mol. The van der Waals surface area contributed by atoms with E-state index in [0.29, 0.717) is 17.9 Å². The van der Waals surface area contributed by atoms with Crippen molar-refractivity contribution >= 4 is 23.2 Å². The molecule has 3 rings (SSSR count). The van der Waals surface area contributed by atoms with E-state index in [2.05, 4.69) is 25.2 Å². The lowest BCUT2D eigenvalue weighted by molar-refractivity contribution is -0.117. The molecule has 4 heteroatoms. The fourth-order valence-electron chi connectivity index (χ4n) is 3.24. The van der Waals surface area contributed by atoms with Crippen LogP contribution in [0, 0.1) is 6.92 Å². The van der Waals surface area contributed by atoms with Crippen molar-refractivity contribution in [3.8, 4) is 0 Å². The van der Waals surface area contributed by atoms with Crippen LogP contribution in [0.4, 0.5) is 11.4 Å². The predicted octanol–water partition coefficient (Wildman–Crippen LogP) is 4.50. The zero-order valence-electron chi connectivity index (χ0n) is 15.0. The predicted molar refractivity (Wildman–Crippen MR) is 101 cm³/mol. The highest BCUT2D eigenvalue weighted by molar-refractivity contribution is 6.05. The van der Waals surface area contributed by atoms with E-state index in [-0.39, 0.29) is 11.8 Å². The van der Waals surface area contributed by atoms with Crippen molar-refractivity contribution in [2.45, 2.75) is 39.5 Å². The summed E-state index contributed by atoms with van der Waals surface area (Å²) in [6.45, 7) is 6.99. The monoisotopic (exact) mass is 336 g/mol. The Labute approximate surface area is 148 Å². The first-order valence-corrected chi connectivity index (χ1v) is 8.78. The summed E-state index contributed by atoms with van der Waals surface area (Å²) in [5.41, 5.74) is 4.53. The topological polar surface area (TPSA) is 49.4 Å². The number of nitrogens with zero attached hydrogens (tertiary/aromatic N) is 1. The summed E-state index contributed by atoms with van der Waals surface area (Å²) in [4.78, 5) is 26.2. The fraction of sp³-hybridized carbons (Fsp3) is 0.333. The van der Waals surface area contributed by atoms with Crippen molar-refractivity contribution in [2.24, 2.45) is 0 Å². The molecule has 130 valence electrons. The number of rotatable bonds is 4. The van der Waals surface area contributed by atoms with Gasteiger partial charge in [0.2, 0.25) is 5.91 Å². The molecule has 1 saturated heterocycles. The van der Waals surface area contributed by atoms with Crippen LogP contribution in [0.15, 0.2) is 42.5 Å². The number of carbonyl (C=O) groups excluding carboxylic acids is 2. The van der Waals surface area contributed by atoms with Gasteiger partial charge in [-0.3, -0.25) is 9.59 Å². The van der Waals surface area contributed by atoms with Gasteiger partial charge >= 0.3 is 0 Å². The second-order valence-electron chi connectivity index (χ2n) is 6.84. The number of benzene rings is 2. The Morgan fingerprint density at radius 1 is 1.12 bits per heavy atom. The second-order valence-corrected chi connectivity index (χ2v) is 6.84. The highest BCUT2D eigenvalue weighted by Gasteiger charge is 2.22. The van der Waals surface area contributed by atoms with Crippen molar-refractivity contribution in [3.05, 3.63) is 59.2 Å². The fourth-order valence-corrected chi connectivity index (χ4v) is 3.24. The van der Waals surface area contributed by atoms with Crippen molar-refractivity contribution < 1.29 is 9.59 Å². The van der Waals surface area contributed by atoms with Gasteiger partial charge in [0.15, 0.2) is 0 Å². The molecule has 0 saturated carbocycles. The summed E-state index contributed by atoms with van der Waals surface area (Å²) < 4.78 is 0. The standard InChI is InChI=1S/C21H24N2O2/c1-14(2)18-7-4-6-15(3)20(18)22-21(25)16-9-11-17(12-10-16)23-13-5-8-19(23)24/h4,6-7,9-12,14H,5,8,13H2,1-3H3,(H,22,25). The molecule has 0 aromatic heterocycles. The third kappa shape index (κ3) is 3.58. The van der Waals surface area contributed by atoms with E-state index in [1.54, 1.807) is 17.0 Å². The number of para-hydroxylation sites is 1. The first-order chi connectivity index (χ1) is 12.0. The van der Waals surface area contributed by atoms with Crippen LogP contribution in [-0.2, 0) is 4.79 Å². The maximum Gasteiger partial charge on any atom is 0.255 e. The van der Waals surface area contributed by atoms with Gasteiger partial charge in [-0.2, -0.15) is 0 Å². The molecular weight excluding hydrogens is 312 g/mol. The molecule has 1 fully saturated rings. The lowest BCUT2D eigenvalue weighted by Gasteiger charge is -2.18. The number of hydrogen-bond acceptors (Lipinski definition) is 2. The minimum Gasteiger partial charge on any atom is -0.321 e. The molecule has 2 aromatic carbocycles. The van der Waals surface area contributed by atoms with Crippen LogP contribution in [0.25, 0.3) is 0 Å². The summed E-state index contributed by atoms with van der Waals surface area (Å²) in [6.07, 6.45) is 1.50. The van der Waals surface area contributed by atoms with Crippen molar-refractivity contribution in [3.63, 3.8) is 0 Å². The smallest absolute Gasteiger partial charge is 0.255 e. The summed E-state index contributed by atoms with van der Waals surface area (Å²) in [5.74, 6) is 0.355. The first-order valence-electron chi connectivity index (χ1n) is 8.78. The van der Waals surface area contributed by atoms with E-state index in [0.717, 1.165) is 35.5 Å². The maximum absolute atomic E-state index is 12.6. The number of nitrogens with one attached hydrogen (secondary N) is 1. The molecular formula is C21H24N2O2. The molecule has 1 N–H and O–H groups in total. The van der Waals surface area contributed by atoms with Crippen LogP contribution >= 0.6 is 0 Å². The van der Waals surface area contributed by atoms with Crippen molar-refractivity contribution in [1.29, 1.82) is 0 Å². The Kier molecular flexibility index (Phi) is 4.88. The van der Waals surface area contributed by atoms with E-state index in [4.69, 9.17) is 0 Å². The summed E-state index contributed by atoms with van der Waals surface area (Å²) in [6, 6.07) is 13.3. The molecule has 25 heavy (non-hydrogen) atoms. The van der Waals surface area contributed by atoms with Crippen LogP contribution in [-0.4, -0.2) is 18.4 Å².